The van der Waals surface area contributed by atoms with Crippen LogP contribution in [0.2, 0.25) is 0 Å². The molecule has 3 N–H and O–H groups in total. The molecule has 1 aromatic heterocycles. The fourth-order valence-electron chi connectivity index (χ4n) is 2.10. The molecule has 6 nitrogen and oxygen atoms in total. The number of aliphatic hydroxyl groups is 1. The zero-order valence-electron chi connectivity index (χ0n) is 14.9. The number of halogens is 3. The highest BCUT2D eigenvalue weighted by molar-refractivity contribution is 7.14. The van der Waals surface area contributed by atoms with Crippen LogP contribution in [0.25, 0.3) is 0 Å². The maximum atomic E-state index is 12.5. The minimum atomic E-state index is -4.42. The molecule has 0 spiro atoms. The van der Waals surface area contributed by atoms with Crippen molar-refractivity contribution in [1.29, 1.82) is 0 Å². The van der Waals surface area contributed by atoms with Crippen LogP contribution >= 0.6 is 11.3 Å². The molecule has 152 valence electrons. The first-order chi connectivity index (χ1) is 13.1. The maximum Gasteiger partial charge on any atom is 0.416 e. The van der Waals surface area contributed by atoms with E-state index in [-0.39, 0.29) is 30.7 Å². The van der Waals surface area contributed by atoms with Gasteiger partial charge in [-0.15, -0.1) is 11.3 Å². The molecule has 1 atom stereocenters. The van der Waals surface area contributed by atoms with Gasteiger partial charge in [0.1, 0.15) is 18.5 Å². The van der Waals surface area contributed by atoms with Crippen molar-refractivity contribution in [3.05, 3.63) is 51.7 Å². The van der Waals surface area contributed by atoms with Gasteiger partial charge in [-0.25, -0.2) is 0 Å². The summed E-state index contributed by atoms with van der Waals surface area (Å²) in [5.74, 6) is -0.373. The predicted octanol–water partition coefficient (Wildman–Crippen LogP) is 2.57. The Labute approximate surface area is 163 Å². The molecule has 28 heavy (non-hydrogen) atoms. The normalized spacial score (nSPS) is 12.3. The topological polar surface area (TPSA) is 87.7 Å². The number of rotatable bonds is 8. The molecule has 10 heteroatoms. The number of thiophene rings is 1. The average Bonchev–Trinajstić information content (AvgIpc) is 3.11. The van der Waals surface area contributed by atoms with Gasteiger partial charge in [0.05, 0.1) is 17.0 Å². The molecule has 2 rings (SSSR count). The molecule has 0 aliphatic heterocycles. The van der Waals surface area contributed by atoms with Crippen LogP contribution in [0.3, 0.4) is 0 Å². The Morgan fingerprint density at radius 2 is 1.82 bits per heavy atom. The van der Waals surface area contributed by atoms with Crippen LogP contribution in [0.1, 0.15) is 27.0 Å². The molecule has 2 aromatic rings. The van der Waals surface area contributed by atoms with Gasteiger partial charge < -0.3 is 20.5 Å². The fourth-order valence-corrected chi connectivity index (χ4v) is 2.96. The lowest BCUT2D eigenvalue weighted by Gasteiger charge is -2.13. The lowest BCUT2D eigenvalue weighted by molar-refractivity contribution is -0.137. The first-order valence-electron chi connectivity index (χ1n) is 8.24. The van der Waals surface area contributed by atoms with Gasteiger partial charge in [0, 0.05) is 18.3 Å². The van der Waals surface area contributed by atoms with E-state index in [9.17, 15) is 27.9 Å². The summed E-state index contributed by atoms with van der Waals surface area (Å²) in [5, 5.41) is 15.1. The van der Waals surface area contributed by atoms with E-state index in [1.54, 1.807) is 12.1 Å². The van der Waals surface area contributed by atoms with Crippen molar-refractivity contribution in [2.24, 2.45) is 0 Å². The highest BCUT2D eigenvalue weighted by atomic mass is 32.1. The number of alkyl halides is 3. The Morgan fingerprint density at radius 1 is 1.14 bits per heavy atom. The molecule has 0 saturated heterocycles. The molecule has 0 aliphatic carbocycles. The van der Waals surface area contributed by atoms with E-state index >= 15 is 0 Å². The van der Waals surface area contributed by atoms with Crippen molar-refractivity contribution in [2.45, 2.75) is 25.7 Å². The number of nitrogens with one attached hydrogen (secondary N) is 2. The van der Waals surface area contributed by atoms with Crippen molar-refractivity contribution in [3.8, 4) is 5.75 Å². The molecule has 0 radical (unpaired) electrons. The molecule has 0 saturated carbocycles. The highest BCUT2D eigenvalue weighted by Gasteiger charge is 2.30. The Kier molecular flexibility index (Phi) is 7.41. The number of benzene rings is 1. The van der Waals surface area contributed by atoms with E-state index in [4.69, 9.17) is 4.74 Å². The second kappa shape index (κ2) is 9.56. The van der Waals surface area contributed by atoms with Crippen LogP contribution in [0.4, 0.5) is 13.2 Å². The Balaban J connectivity index is 1.75. The summed E-state index contributed by atoms with van der Waals surface area (Å²) in [6, 6.07) is 7.44. The van der Waals surface area contributed by atoms with E-state index in [0.717, 1.165) is 29.1 Å². The second-order valence-electron chi connectivity index (χ2n) is 5.87. The van der Waals surface area contributed by atoms with Crippen LogP contribution in [0.5, 0.6) is 5.75 Å². The molecule has 0 fully saturated rings. The number of hydrogen-bond acceptors (Lipinski definition) is 5. The first-order valence-corrected chi connectivity index (χ1v) is 9.06. The fraction of sp³-hybridized carbons (Fsp3) is 0.333. The lowest BCUT2D eigenvalue weighted by Crippen LogP contribution is -2.35. The first kappa shape index (κ1) is 21.7. The average molecular weight is 416 g/mol. The molecule has 0 aliphatic rings. The molecular weight excluding hydrogens is 397 g/mol. The van der Waals surface area contributed by atoms with Gasteiger partial charge >= 0.3 is 6.18 Å². The third-order valence-corrected chi connectivity index (χ3v) is 4.60. The van der Waals surface area contributed by atoms with Crippen LogP contribution < -0.4 is 15.4 Å². The number of carbonyl (C=O) groups excluding carboxylic acids is 2. The van der Waals surface area contributed by atoms with Gasteiger partial charge in [0.15, 0.2) is 0 Å². The van der Waals surface area contributed by atoms with E-state index in [0.29, 0.717) is 11.4 Å². The Hall–Kier alpha value is -2.59. The van der Waals surface area contributed by atoms with E-state index in [1.807, 2.05) is 0 Å². The van der Waals surface area contributed by atoms with Crippen molar-refractivity contribution in [1.82, 2.24) is 10.6 Å². The standard InChI is InChI=1S/C18H19F3N2O4S/c1-11(24)22-9-15-6-7-16(28-15)17(26)23-8-13(25)10-27-14-4-2-12(3-5-14)18(19,20)21/h2-7,13,25H,8-10H2,1H3,(H,22,24)(H,23,26). The van der Waals surface area contributed by atoms with E-state index in [1.165, 1.54) is 18.3 Å². The van der Waals surface area contributed by atoms with Crippen LogP contribution in [-0.4, -0.2) is 36.2 Å². The van der Waals surface area contributed by atoms with Gasteiger partial charge in [-0.05, 0) is 36.4 Å². The van der Waals surface area contributed by atoms with Gasteiger partial charge in [0.2, 0.25) is 5.91 Å². The smallest absolute Gasteiger partial charge is 0.416 e. The maximum absolute atomic E-state index is 12.5. The number of ether oxygens (including phenoxy) is 1. The zero-order valence-corrected chi connectivity index (χ0v) is 15.7. The van der Waals surface area contributed by atoms with Crippen molar-refractivity contribution in [3.63, 3.8) is 0 Å². The van der Waals surface area contributed by atoms with Crippen LogP contribution in [-0.2, 0) is 17.5 Å². The summed E-state index contributed by atoms with van der Waals surface area (Å²) in [6.45, 7) is 1.45. The van der Waals surface area contributed by atoms with Crippen molar-refractivity contribution >= 4 is 23.2 Å². The number of amides is 2. The molecule has 0 bridgehead atoms. The number of aliphatic hydroxyl groups excluding tert-OH is 1. The summed E-state index contributed by atoms with van der Waals surface area (Å²) in [7, 11) is 0. The number of carbonyl (C=O) groups is 2. The molecular formula is C18H19F3N2O4S. The summed E-state index contributed by atoms with van der Waals surface area (Å²) in [4.78, 5) is 24.2. The zero-order chi connectivity index (χ0) is 20.7. The minimum Gasteiger partial charge on any atom is -0.491 e. The second-order valence-corrected chi connectivity index (χ2v) is 7.04. The third kappa shape index (κ3) is 6.86. The molecule has 1 unspecified atom stereocenters. The van der Waals surface area contributed by atoms with Crippen molar-refractivity contribution < 1.29 is 32.6 Å². The monoisotopic (exact) mass is 416 g/mol. The Morgan fingerprint density at radius 3 is 2.43 bits per heavy atom. The number of hydrogen-bond donors (Lipinski definition) is 3. The largest absolute Gasteiger partial charge is 0.491 e. The van der Waals surface area contributed by atoms with E-state index < -0.39 is 17.8 Å². The minimum absolute atomic E-state index is 0.0849. The summed E-state index contributed by atoms with van der Waals surface area (Å²) < 4.78 is 42.7. The molecule has 1 heterocycles. The van der Waals surface area contributed by atoms with Gasteiger partial charge in [0.25, 0.3) is 5.91 Å². The lowest BCUT2D eigenvalue weighted by atomic mass is 10.2. The summed E-state index contributed by atoms with van der Waals surface area (Å²) in [5.41, 5.74) is -0.790. The predicted molar refractivity (Wildman–Crippen MR) is 97.1 cm³/mol. The van der Waals surface area contributed by atoms with E-state index in [2.05, 4.69) is 10.6 Å². The van der Waals surface area contributed by atoms with Crippen LogP contribution in [0.15, 0.2) is 36.4 Å². The van der Waals surface area contributed by atoms with Gasteiger partial charge in [-0.3, -0.25) is 9.59 Å². The van der Waals surface area contributed by atoms with Gasteiger partial charge in [-0.1, -0.05) is 0 Å². The third-order valence-electron chi connectivity index (χ3n) is 3.52. The Bertz CT molecular complexity index is 806. The molecule has 2 amide bonds. The summed E-state index contributed by atoms with van der Waals surface area (Å²) >= 11 is 1.22. The van der Waals surface area contributed by atoms with Gasteiger partial charge in [-0.2, -0.15) is 13.2 Å². The SMILES string of the molecule is CC(=O)NCc1ccc(C(=O)NCC(O)COc2ccc(C(F)(F)F)cc2)s1. The quantitative estimate of drug-likeness (QED) is 0.617. The molecule has 1 aromatic carbocycles. The highest BCUT2D eigenvalue weighted by Crippen LogP contribution is 2.30. The van der Waals surface area contributed by atoms with Crippen molar-refractivity contribution in [2.75, 3.05) is 13.2 Å². The summed E-state index contributed by atoms with van der Waals surface area (Å²) in [6.07, 6.45) is -5.46. The van der Waals surface area contributed by atoms with Crippen LogP contribution in [0, 0.1) is 0 Å².